The lowest BCUT2D eigenvalue weighted by molar-refractivity contribution is -0.138. The number of carbonyl (C=O) groups is 1. The second-order valence-electron chi connectivity index (χ2n) is 8.03. The number of rotatable bonds is 6. The monoisotopic (exact) mass is 554 g/mol. The van der Waals surface area contributed by atoms with Gasteiger partial charge >= 0.3 is 6.18 Å². The SMILES string of the molecule is CC(OCCC(=O)N1CCN(c2ncc(C(F)(F)F)cn2)CC1)c1n[nH]c(=O)c2ccc(Br)cc12. The van der Waals surface area contributed by atoms with Crippen LogP contribution in [0.1, 0.15) is 30.7 Å². The third-order valence-corrected chi connectivity index (χ3v) is 6.22. The fourth-order valence-electron chi connectivity index (χ4n) is 3.81. The number of alkyl halides is 3. The molecule has 1 saturated heterocycles. The van der Waals surface area contributed by atoms with Gasteiger partial charge in [0.15, 0.2) is 0 Å². The highest BCUT2D eigenvalue weighted by Gasteiger charge is 2.32. The second-order valence-corrected chi connectivity index (χ2v) is 8.94. The van der Waals surface area contributed by atoms with Crippen molar-refractivity contribution in [2.75, 3.05) is 37.7 Å². The van der Waals surface area contributed by atoms with Crippen molar-refractivity contribution in [3.05, 3.63) is 56.7 Å². The molecule has 1 aliphatic heterocycles. The van der Waals surface area contributed by atoms with Crippen LogP contribution < -0.4 is 10.5 Å². The third kappa shape index (κ3) is 5.78. The number of amides is 1. The summed E-state index contributed by atoms with van der Waals surface area (Å²) in [6, 6.07) is 5.28. The number of fused-ring (bicyclic) bond motifs is 1. The lowest BCUT2D eigenvalue weighted by Crippen LogP contribution is -2.49. The number of ether oxygens (including phenoxy) is 1. The van der Waals surface area contributed by atoms with Crippen LogP contribution in [-0.4, -0.2) is 63.8 Å². The zero-order chi connectivity index (χ0) is 25.2. The Labute approximate surface area is 206 Å². The number of nitrogens with one attached hydrogen (secondary N) is 1. The highest BCUT2D eigenvalue weighted by atomic mass is 79.9. The number of benzene rings is 1. The molecular formula is C22H22BrF3N6O3. The van der Waals surface area contributed by atoms with E-state index in [1.807, 2.05) is 0 Å². The van der Waals surface area contributed by atoms with E-state index in [-0.39, 0.29) is 30.4 Å². The van der Waals surface area contributed by atoms with Crippen LogP contribution in [0.2, 0.25) is 0 Å². The summed E-state index contributed by atoms with van der Waals surface area (Å²) in [6.07, 6.45) is -3.26. The Kier molecular flexibility index (Phi) is 7.36. The van der Waals surface area contributed by atoms with E-state index in [4.69, 9.17) is 4.74 Å². The smallest absolute Gasteiger partial charge is 0.372 e. The molecule has 1 unspecified atom stereocenters. The van der Waals surface area contributed by atoms with Crippen LogP contribution in [0.5, 0.6) is 0 Å². The summed E-state index contributed by atoms with van der Waals surface area (Å²) >= 11 is 3.40. The van der Waals surface area contributed by atoms with Gasteiger partial charge in [0.1, 0.15) is 0 Å². The number of carbonyl (C=O) groups excluding carboxylic acids is 1. The molecule has 2 aromatic heterocycles. The number of nitrogens with zero attached hydrogens (tertiary/aromatic N) is 5. The third-order valence-electron chi connectivity index (χ3n) is 5.73. The van der Waals surface area contributed by atoms with Crippen LogP contribution in [0.25, 0.3) is 10.8 Å². The van der Waals surface area contributed by atoms with Crippen LogP contribution in [0.15, 0.2) is 39.9 Å². The van der Waals surface area contributed by atoms with Crippen molar-refractivity contribution in [1.29, 1.82) is 0 Å². The van der Waals surface area contributed by atoms with E-state index < -0.39 is 17.8 Å². The molecule has 1 fully saturated rings. The molecule has 1 N–H and O–H groups in total. The maximum atomic E-state index is 12.7. The van der Waals surface area contributed by atoms with Crippen molar-refractivity contribution in [1.82, 2.24) is 25.1 Å². The average molecular weight is 555 g/mol. The lowest BCUT2D eigenvalue weighted by atomic mass is 10.1. The summed E-state index contributed by atoms with van der Waals surface area (Å²) in [5.74, 6) is 0.113. The van der Waals surface area contributed by atoms with Crippen molar-refractivity contribution in [3.8, 4) is 0 Å². The Morgan fingerprint density at radius 1 is 1.17 bits per heavy atom. The number of H-pyrrole nitrogens is 1. The highest BCUT2D eigenvalue weighted by Crippen LogP contribution is 2.28. The van der Waals surface area contributed by atoms with Gasteiger partial charge in [-0.1, -0.05) is 15.9 Å². The summed E-state index contributed by atoms with van der Waals surface area (Å²) in [5.41, 5.74) is -0.625. The molecule has 1 atom stereocenters. The Balaban J connectivity index is 1.28. The Hall–Kier alpha value is -3.06. The predicted octanol–water partition coefficient (Wildman–Crippen LogP) is 3.31. The average Bonchev–Trinajstić information content (AvgIpc) is 2.83. The minimum absolute atomic E-state index is 0.0905. The Morgan fingerprint density at radius 2 is 1.86 bits per heavy atom. The van der Waals surface area contributed by atoms with Gasteiger partial charge in [-0.25, -0.2) is 15.1 Å². The first kappa shape index (κ1) is 25.0. The summed E-state index contributed by atoms with van der Waals surface area (Å²) in [7, 11) is 0. The van der Waals surface area contributed by atoms with Gasteiger partial charge in [0.2, 0.25) is 11.9 Å². The first-order valence-corrected chi connectivity index (χ1v) is 11.6. The number of aromatic amines is 1. The van der Waals surface area contributed by atoms with Crippen molar-refractivity contribution in [2.45, 2.75) is 25.6 Å². The quantitative estimate of drug-likeness (QED) is 0.498. The van der Waals surface area contributed by atoms with Crippen molar-refractivity contribution in [2.24, 2.45) is 0 Å². The maximum absolute atomic E-state index is 12.7. The molecule has 1 aromatic carbocycles. The van der Waals surface area contributed by atoms with Gasteiger partial charge in [0.05, 0.1) is 35.8 Å². The molecule has 35 heavy (non-hydrogen) atoms. The van der Waals surface area contributed by atoms with Crippen molar-refractivity contribution >= 4 is 38.6 Å². The number of hydrogen-bond donors (Lipinski definition) is 1. The fourth-order valence-corrected chi connectivity index (χ4v) is 4.18. The predicted molar refractivity (Wildman–Crippen MR) is 125 cm³/mol. The molecule has 1 aliphatic rings. The van der Waals surface area contributed by atoms with E-state index in [2.05, 4.69) is 36.1 Å². The van der Waals surface area contributed by atoms with E-state index in [1.165, 1.54) is 0 Å². The normalized spacial score (nSPS) is 15.5. The minimum atomic E-state index is -4.49. The zero-order valence-corrected chi connectivity index (χ0v) is 20.3. The van der Waals surface area contributed by atoms with Gasteiger partial charge in [-0.3, -0.25) is 9.59 Å². The van der Waals surface area contributed by atoms with Crippen LogP contribution in [0, 0.1) is 0 Å². The lowest BCUT2D eigenvalue weighted by Gasteiger charge is -2.34. The van der Waals surface area contributed by atoms with Crippen molar-refractivity contribution < 1.29 is 22.7 Å². The molecule has 0 radical (unpaired) electrons. The van der Waals surface area contributed by atoms with Crippen LogP contribution in [0.3, 0.4) is 0 Å². The molecule has 0 spiro atoms. The molecule has 0 aliphatic carbocycles. The number of anilines is 1. The van der Waals surface area contributed by atoms with Crippen LogP contribution in [-0.2, 0) is 15.7 Å². The first-order valence-electron chi connectivity index (χ1n) is 10.8. The zero-order valence-electron chi connectivity index (χ0n) is 18.7. The standard InChI is InChI=1S/C22H22BrF3N6O3/c1-13(19-17-10-15(23)2-3-16(17)20(34)30-29-19)35-9-4-18(33)31-5-7-32(8-6-31)21-27-11-14(12-28-21)22(24,25)26/h2-3,10-13H,4-9H2,1H3,(H,30,34). The summed E-state index contributed by atoms with van der Waals surface area (Å²) in [6.45, 7) is 3.59. The molecule has 3 heterocycles. The maximum Gasteiger partial charge on any atom is 0.419 e. The van der Waals surface area contributed by atoms with E-state index in [0.717, 1.165) is 16.9 Å². The number of aromatic nitrogens is 4. The topological polar surface area (TPSA) is 104 Å². The summed E-state index contributed by atoms with van der Waals surface area (Å²) in [5, 5.41) is 7.78. The molecule has 0 saturated carbocycles. The molecule has 0 bridgehead atoms. The summed E-state index contributed by atoms with van der Waals surface area (Å²) in [4.78, 5) is 35.7. The molecular weight excluding hydrogens is 533 g/mol. The fraction of sp³-hybridized carbons (Fsp3) is 0.409. The van der Waals surface area contributed by atoms with Gasteiger partial charge in [-0.15, -0.1) is 0 Å². The number of piperazine rings is 1. The molecule has 13 heteroatoms. The molecule has 1 amide bonds. The van der Waals surface area contributed by atoms with Gasteiger partial charge in [0.25, 0.3) is 5.56 Å². The second kappa shape index (κ2) is 10.3. The van der Waals surface area contributed by atoms with Gasteiger partial charge in [-0.2, -0.15) is 18.3 Å². The molecule has 186 valence electrons. The highest BCUT2D eigenvalue weighted by molar-refractivity contribution is 9.10. The number of hydrogen-bond acceptors (Lipinski definition) is 7. The van der Waals surface area contributed by atoms with Crippen molar-refractivity contribution in [3.63, 3.8) is 0 Å². The van der Waals surface area contributed by atoms with Crippen LogP contribution in [0.4, 0.5) is 19.1 Å². The van der Waals surface area contributed by atoms with Gasteiger partial charge in [-0.05, 0) is 25.1 Å². The molecule has 3 aromatic rings. The molecule has 4 rings (SSSR count). The Morgan fingerprint density at radius 3 is 2.51 bits per heavy atom. The van der Waals surface area contributed by atoms with E-state index in [1.54, 1.807) is 34.9 Å². The minimum Gasteiger partial charge on any atom is -0.372 e. The van der Waals surface area contributed by atoms with Crippen LogP contribution >= 0.6 is 15.9 Å². The molecule has 9 nitrogen and oxygen atoms in total. The summed E-state index contributed by atoms with van der Waals surface area (Å²) < 4.78 is 44.7. The van der Waals surface area contributed by atoms with Gasteiger partial charge < -0.3 is 14.5 Å². The largest absolute Gasteiger partial charge is 0.419 e. The first-order chi connectivity index (χ1) is 16.6. The van der Waals surface area contributed by atoms with E-state index >= 15 is 0 Å². The Bertz CT molecular complexity index is 1260. The van der Waals surface area contributed by atoms with Gasteiger partial charge in [0, 0.05) is 48.4 Å². The van der Waals surface area contributed by atoms with E-state index in [0.29, 0.717) is 42.6 Å². The van der Waals surface area contributed by atoms with E-state index in [9.17, 15) is 22.8 Å². The number of halogens is 4.